The van der Waals surface area contributed by atoms with Gasteiger partial charge in [-0.1, -0.05) is 20.8 Å². The summed E-state index contributed by atoms with van der Waals surface area (Å²) in [5.41, 5.74) is 4.63. The molecule has 0 atom stereocenters. The lowest BCUT2D eigenvalue weighted by Gasteiger charge is -2.20. The zero-order chi connectivity index (χ0) is 20.9. The summed E-state index contributed by atoms with van der Waals surface area (Å²) >= 11 is 3.47. The number of hydrogen-bond donors (Lipinski definition) is 0. The van der Waals surface area contributed by atoms with Crippen molar-refractivity contribution in [2.75, 3.05) is 0 Å². The molecule has 0 amide bonds. The highest BCUT2D eigenvalue weighted by Crippen LogP contribution is 2.38. The van der Waals surface area contributed by atoms with Gasteiger partial charge in [0.25, 0.3) is 0 Å². The van der Waals surface area contributed by atoms with Gasteiger partial charge in [-0.15, -0.1) is 22.7 Å². The van der Waals surface area contributed by atoms with E-state index in [0.29, 0.717) is 0 Å². The molecule has 0 aliphatic carbocycles. The molecule has 0 radical (unpaired) electrons. The quantitative estimate of drug-likeness (QED) is 0.210. The van der Waals surface area contributed by atoms with Crippen LogP contribution in [0.1, 0.15) is 37.5 Å². The Kier molecular flexibility index (Phi) is 4.60. The number of aliphatic imine (C=N–C) groups is 2. The van der Waals surface area contributed by atoms with Crippen LogP contribution in [-0.4, -0.2) is 12.6 Å². The minimum Gasteiger partial charge on any atom is -0.464 e. The van der Waals surface area contributed by atoms with Gasteiger partial charge in [-0.3, -0.25) is 0 Å². The third-order valence-electron chi connectivity index (χ3n) is 5.26. The van der Waals surface area contributed by atoms with Gasteiger partial charge in [-0.25, -0.2) is 9.98 Å². The highest BCUT2D eigenvalue weighted by Gasteiger charge is 2.18. The summed E-state index contributed by atoms with van der Waals surface area (Å²) in [7, 11) is 0. The van der Waals surface area contributed by atoms with Crippen molar-refractivity contribution in [2.45, 2.75) is 33.1 Å². The summed E-state index contributed by atoms with van der Waals surface area (Å²) < 4.78 is 8.18. The third-order valence-corrected chi connectivity index (χ3v) is 7.24. The third kappa shape index (κ3) is 3.38. The van der Waals surface area contributed by atoms with Crippen molar-refractivity contribution < 1.29 is 4.42 Å². The molecule has 0 N–H and O–H groups in total. The number of rotatable bonds is 3. The topological polar surface area (TPSA) is 37.9 Å². The predicted molar refractivity (Wildman–Crippen MR) is 133 cm³/mol. The first-order chi connectivity index (χ1) is 14.4. The summed E-state index contributed by atoms with van der Waals surface area (Å²) in [6.45, 7) is 8.84. The van der Waals surface area contributed by atoms with Gasteiger partial charge < -0.3 is 4.42 Å². The van der Waals surface area contributed by atoms with Crippen LogP contribution in [0.2, 0.25) is 0 Å². The number of nitrogens with zero attached hydrogens (tertiary/aromatic N) is 2. The van der Waals surface area contributed by atoms with E-state index in [9.17, 15) is 0 Å². The normalized spacial score (nSPS) is 13.1. The molecule has 2 aromatic carbocycles. The van der Waals surface area contributed by atoms with E-state index in [-0.39, 0.29) is 5.41 Å². The van der Waals surface area contributed by atoms with Crippen LogP contribution in [0.5, 0.6) is 0 Å². The molecule has 0 aliphatic heterocycles. The van der Waals surface area contributed by atoms with Crippen LogP contribution in [0.15, 0.2) is 62.4 Å². The average molecular weight is 431 g/mol. The number of aryl methyl sites for hydroxylation is 1. The van der Waals surface area contributed by atoms with Crippen LogP contribution in [-0.2, 0) is 5.41 Å². The molecule has 0 fully saturated rings. The fourth-order valence-electron chi connectivity index (χ4n) is 3.80. The summed E-state index contributed by atoms with van der Waals surface area (Å²) in [6, 6.07) is 12.9. The van der Waals surface area contributed by atoms with Crippen molar-refractivity contribution in [3.05, 3.63) is 64.7 Å². The predicted octanol–water partition coefficient (Wildman–Crippen LogP) is 8.25. The Morgan fingerprint density at radius 1 is 1.07 bits per heavy atom. The molecule has 0 saturated carbocycles. The van der Waals surface area contributed by atoms with Crippen molar-refractivity contribution in [3.8, 4) is 0 Å². The molecular formula is C25H22N2OS2. The molecular weight excluding hydrogens is 408 g/mol. The first kappa shape index (κ1) is 19.2. The van der Waals surface area contributed by atoms with Gasteiger partial charge in [0.2, 0.25) is 0 Å². The van der Waals surface area contributed by atoms with Crippen molar-refractivity contribution in [1.29, 1.82) is 0 Å². The van der Waals surface area contributed by atoms with E-state index < -0.39 is 0 Å². The van der Waals surface area contributed by atoms with Crippen molar-refractivity contribution in [3.63, 3.8) is 0 Å². The molecule has 0 aliphatic rings. The molecule has 150 valence electrons. The van der Waals surface area contributed by atoms with Gasteiger partial charge in [-0.2, -0.15) is 0 Å². The van der Waals surface area contributed by atoms with E-state index in [1.54, 1.807) is 29.0 Å². The minimum absolute atomic E-state index is 0.0919. The van der Waals surface area contributed by atoms with Gasteiger partial charge in [0, 0.05) is 26.4 Å². The highest BCUT2D eigenvalue weighted by molar-refractivity contribution is 7.22. The van der Waals surface area contributed by atoms with E-state index in [0.717, 1.165) is 21.7 Å². The van der Waals surface area contributed by atoms with E-state index in [1.165, 1.54) is 31.1 Å². The lowest BCUT2D eigenvalue weighted by atomic mass is 9.85. The maximum atomic E-state index is 5.62. The lowest BCUT2D eigenvalue weighted by Crippen LogP contribution is -2.11. The first-order valence-electron chi connectivity index (χ1n) is 9.88. The van der Waals surface area contributed by atoms with Crippen LogP contribution in [0.4, 0.5) is 5.00 Å². The van der Waals surface area contributed by atoms with Crippen molar-refractivity contribution >= 4 is 71.4 Å². The number of furan rings is 1. The second-order valence-electron chi connectivity index (χ2n) is 8.53. The molecule has 3 heterocycles. The Labute approximate surface area is 183 Å². The van der Waals surface area contributed by atoms with Gasteiger partial charge in [-0.05, 0) is 76.2 Å². The van der Waals surface area contributed by atoms with Crippen molar-refractivity contribution in [1.82, 2.24) is 0 Å². The number of thiophene rings is 2. The molecule has 30 heavy (non-hydrogen) atoms. The van der Waals surface area contributed by atoms with Crippen molar-refractivity contribution in [2.24, 2.45) is 9.98 Å². The SMILES string of the molecule is Cc1coc2ccc3sc(/N=C\N=Cc4cc(C(C)(C)C)c5sccc5c4)cc3c12. The van der Waals surface area contributed by atoms with E-state index in [1.807, 2.05) is 18.5 Å². The summed E-state index contributed by atoms with van der Waals surface area (Å²) in [5, 5.41) is 6.74. The lowest BCUT2D eigenvalue weighted by molar-refractivity contribution is 0.596. The molecule has 5 aromatic rings. The molecule has 0 unspecified atom stereocenters. The van der Waals surface area contributed by atoms with Crippen LogP contribution >= 0.6 is 22.7 Å². The van der Waals surface area contributed by atoms with Crippen LogP contribution in [0, 0.1) is 6.92 Å². The largest absolute Gasteiger partial charge is 0.464 e. The Bertz CT molecular complexity index is 1440. The van der Waals surface area contributed by atoms with Gasteiger partial charge in [0.15, 0.2) is 0 Å². The standard InChI is InChI=1S/C25H22N2OS2/c1-15-13-28-20-5-6-21-18(23(15)20)11-22(30-21)27-14-26-12-16-9-17-7-8-29-24(17)19(10-16)25(2,3)4/h5-14H,1-4H3/b26-12?,27-14-. The Morgan fingerprint density at radius 2 is 1.93 bits per heavy atom. The van der Waals surface area contributed by atoms with E-state index >= 15 is 0 Å². The Balaban J connectivity index is 1.45. The molecule has 0 saturated heterocycles. The molecule has 0 spiro atoms. The van der Waals surface area contributed by atoms with Gasteiger partial charge >= 0.3 is 0 Å². The Hall–Kier alpha value is -2.76. The maximum Gasteiger partial charge on any atom is 0.134 e. The van der Waals surface area contributed by atoms with Gasteiger partial charge in [0.05, 0.1) is 6.26 Å². The van der Waals surface area contributed by atoms with E-state index in [4.69, 9.17) is 4.42 Å². The number of benzene rings is 2. The summed E-state index contributed by atoms with van der Waals surface area (Å²) in [5.74, 6) is 0. The monoisotopic (exact) mass is 430 g/mol. The second-order valence-corrected chi connectivity index (χ2v) is 10.5. The summed E-state index contributed by atoms with van der Waals surface area (Å²) in [4.78, 5) is 9.04. The molecule has 0 bridgehead atoms. The van der Waals surface area contributed by atoms with E-state index in [2.05, 4.69) is 73.4 Å². The van der Waals surface area contributed by atoms with Gasteiger partial charge in [0.1, 0.15) is 16.9 Å². The highest BCUT2D eigenvalue weighted by atomic mass is 32.1. The molecule has 3 aromatic heterocycles. The Morgan fingerprint density at radius 3 is 2.77 bits per heavy atom. The zero-order valence-electron chi connectivity index (χ0n) is 17.4. The minimum atomic E-state index is 0.0919. The average Bonchev–Trinajstić information content (AvgIpc) is 3.41. The van der Waals surface area contributed by atoms with Crippen LogP contribution < -0.4 is 0 Å². The van der Waals surface area contributed by atoms with Crippen LogP contribution in [0.25, 0.3) is 31.1 Å². The smallest absolute Gasteiger partial charge is 0.134 e. The molecule has 5 rings (SSSR count). The number of hydrogen-bond acceptors (Lipinski definition) is 4. The maximum absolute atomic E-state index is 5.62. The van der Waals surface area contributed by atoms with Crippen LogP contribution in [0.3, 0.4) is 0 Å². The molecule has 5 heteroatoms. The fraction of sp³-hybridized carbons (Fsp3) is 0.200. The fourth-order valence-corrected chi connectivity index (χ4v) is 5.82. The first-order valence-corrected chi connectivity index (χ1v) is 11.6. The number of fused-ring (bicyclic) bond motifs is 4. The summed E-state index contributed by atoms with van der Waals surface area (Å²) in [6.07, 6.45) is 5.34. The molecule has 3 nitrogen and oxygen atoms in total. The zero-order valence-corrected chi connectivity index (χ0v) is 19.0. The second kappa shape index (κ2) is 7.18.